The molecule has 0 bridgehead atoms. The number of nitriles is 1. The van der Waals surface area contributed by atoms with E-state index in [-0.39, 0.29) is 18.1 Å². The van der Waals surface area contributed by atoms with Crippen LogP contribution in [0.1, 0.15) is 23.2 Å². The number of anilines is 2. The summed E-state index contributed by atoms with van der Waals surface area (Å²) in [6.45, 7) is 1.62. The molecule has 1 aliphatic heterocycles. The molecule has 3 N–H and O–H groups in total. The van der Waals surface area contributed by atoms with Crippen molar-refractivity contribution in [3.63, 3.8) is 0 Å². The van der Waals surface area contributed by atoms with Crippen LogP contribution < -0.4 is 16.0 Å². The number of benzene rings is 1. The Hall–Kier alpha value is -2.64. The molecule has 152 valence electrons. The Bertz CT molecular complexity index is 972. The van der Waals surface area contributed by atoms with E-state index in [1.165, 1.54) is 11.8 Å². The first-order valence-corrected chi connectivity index (χ1v) is 9.48. The van der Waals surface area contributed by atoms with Crippen LogP contribution >= 0.6 is 15.9 Å². The number of nitrogens with zero attached hydrogens (tertiary/aromatic N) is 3. The number of rotatable bonds is 3. The summed E-state index contributed by atoms with van der Waals surface area (Å²) in [6, 6.07) is 7.71. The number of hydrogen-bond donors (Lipinski definition) is 2. The van der Waals surface area contributed by atoms with Gasteiger partial charge in [-0.25, -0.2) is 4.98 Å². The van der Waals surface area contributed by atoms with Crippen molar-refractivity contribution in [2.45, 2.75) is 31.6 Å². The highest BCUT2D eigenvalue weighted by Gasteiger charge is 2.42. The third-order valence-electron chi connectivity index (χ3n) is 4.64. The Kier molecular flexibility index (Phi) is 5.82. The van der Waals surface area contributed by atoms with Gasteiger partial charge in [0.25, 0.3) is 0 Å². The van der Waals surface area contributed by atoms with Crippen molar-refractivity contribution in [3.05, 3.63) is 51.6 Å². The van der Waals surface area contributed by atoms with Gasteiger partial charge in [-0.15, -0.1) is 0 Å². The van der Waals surface area contributed by atoms with Gasteiger partial charge in [-0.3, -0.25) is 4.79 Å². The summed E-state index contributed by atoms with van der Waals surface area (Å²) in [6.07, 6.45) is -4.34. The lowest BCUT2D eigenvalue weighted by Gasteiger charge is -2.28. The van der Waals surface area contributed by atoms with Gasteiger partial charge >= 0.3 is 6.18 Å². The number of carbonyl (C=O) groups is 1. The average molecular weight is 468 g/mol. The van der Waals surface area contributed by atoms with Gasteiger partial charge in [0, 0.05) is 28.4 Å². The van der Waals surface area contributed by atoms with E-state index in [4.69, 9.17) is 5.73 Å². The summed E-state index contributed by atoms with van der Waals surface area (Å²) >= 11 is 3.30. The van der Waals surface area contributed by atoms with Crippen LogP contribution in [0.25, 0.3) is 0 Å². The molecule has 1 amide bonds. The van der Waals surface area contributed by atoms with E-state index in [2.05, 4.69) is 26.2 Å². The Balaban J connectivity index is 1.99. The van der Waals surface area contributed by atoms with Gasteiger partial charge in [-0.05, 0) is 43.7 Å². The maximum absolute atomic E-state index is 13.4. The number of nitrogens with one attached hydrogen (secondary N) is 1. The first-order valence-electron chi connectivity index (χ1n) is 8.69. The minimum absolute atomic E-state index is 0.0962. The lowest BCUT2D eigenvalue weighted by atomic mass is 10.1. The van der Waals surface area contributed by atoms with Gasteiger partial charge < -0.3 is 16.0 Å². The summed E-state index contributed by atoms with van der Waals surface area (Å²) in [7, 11) is 0. The van der Waals surface area contributed by atoms with Crippen LogP contribution in [0.3, 0.4) is 0 Å². The number of aromatic nitrogens is 1. The fourth-order valence-electron chi connectivity index (χ4n) is 3.34. The summed E-state index contributed by atoms with van der Waals surface area (Å²) in [5, 5.41) is 12.1. The molecule has 0 saturated carbocycles. The number of halogens is 4. The van der Waals surface area contributed by atoms with Crippen LogP contribution in [0.2, 0.25) is 0 Å². The standard InChI is InChI=1S/C19H17BrF3N5O/c1-10-8-14(19(21,22)23)13(9-24)17(26-10)28-7-6-15(25)16(28)18(29)27-12-4-2-11(20)3-5-12/h2-5,8,15-16H,6-7,25H2,1H3,(H,27,29). The number of amides is 1. The number of aryl methyl sites for hydroxylation is 1. The molecule has 1 aromatic heterocycles. The van der Waals surface area contributed by atoms with Crippen molar-refractivity contribution < 1.29 is 18.0 Å². The number of alkyl halides is 3. The molecule has 1 fully saturated rings. The Morgan fingerprint density at radius 2 is 2.03 bits per heavy atom. The maximum atomic E-state index is 13.4. The molecule has 2 unspecified atom stereocenters. The predicted octanol–water partition coefficient (Wildman–Crippen LogP) is 3.59. The van der Waals surface area contributed by atoms with Gasteiger partial charge in [0.05, 0.1) is 5.56 Å². The topological polar surface area (TPSA) is 95.0 Å². The molecular weight excluding hydrogens is 451 g/mol. The average Bonchev–Trinajstić information content (AvgIpc) is 3.03. The van der Waals surface area contributed by atoms with Crippen molar-refractivity contribution in [1.29, 1.82) is 5.26 Å². The van der Waals surface area contributed by atoms with E-state index in [1.807, 2.05) is 0 Å². The highest BCUT2D eigenvalue weighted by atomic mass is 79.9. The van der Waals surface area contributed by atoms with Crippen LogP contribution in [-0.2, 0) is 11.0 Å². The fourth-order valence-corrected chi connectivity index (χ4v) is 3.60. The lowest BCUT2D eigenvalue weighted by molar-refractivity contribution is -0.137. The largest absolute Gasteiger partial charge is 0.417 e. The molecule has 1 aromatic carbocycles. The molecule has 0 aliphatic carbocycles. The minimum atomic E-state index is -4.72. The van der Waals surface area contributed by atoms with Crippen LogP contribution in [0.4, 0.5) is 24.7 Å². The van der Waals surface area contributed by atoms with E-state index in [0.29, 0.717) is 12.1 Å². The zero-order chi connectivity index (χ0) is 21.3. The SMILES string of the molecule is Cc1cc(C(F)(F)F)c(C#N)c(N2CCC(N)C2C(=O)Nc2ccc(Br)cc2)n1. The van der Waals surface area contributed by atoms with Crippen LogP contribution in [0, 0.1) is 18.3 Å². The predicted molar refractivity (Wildman–Crippen MR) is 105 cm³/mol. The number of carbonyl (C=O) groups excluding carboxylic acids is 1. The molecule has 6 nitrogen and oxygen atoms in total. The smallest absolute Gasteiger partial charge is 0.342 e. The number of nitrogens with two attached hydrogens (primary N) is 1. The maximum Gasteiger partial charge on any atom is 0.417 e. The molecule has 0 radical (unpaired) electrons. The van der Waals surface area contributed by atoms with Crippen molar-refractivity contribution in [2.24, 2.45) is 5.73 Å². The first kappa shape index (κ1) is 21.1. The molecule has 29 heavy (non-hydrogen) atoms. The zero-order valence-corrected chi connectivity index (χ0v) is 16.9. The first-order chi connectivity index (χ1) is 13.6. The van der Waals surface area contributed by atoms with Crippen molar-refractivity contribution in [2.75, 3.05) is 16.8 Å². The van der Waals surface area contributed by atoms with Gasteiger partial charge in [-0.1, -0.05) is 15.9 Å². The zero-order valence-electron chi connectivity index (χ0n) is 15.3. The van der Waals surface area contributed by atoms with E-state index < -0.39 is 35.3 Å². The molecule has 2 aromatic rings. The molecular formula is C19H17BrF3N5O. The monoisotopic (exact) mass is 467 g/mol. The molecule has 2 heterocycles. The molecule has 0 spiro atoms. The van der Waals surface area contributed by atoms with E-state index in [1.54, 1.807) is 30.3 Å². The Labute approximate surface area is 173 Å². The quantitative estimate of drug-likeness (QED) is 0.718. The van der Waals surface area contributed by atoms with E-state index in [9.17, 15) is 23.2 Å². The minimum Gasteiger partial charge on any atom is -0.342 e. The second-order valence-corrected chi connectivity index (χ2v) is 7.62. The van der Waals surface area contributed by atoms with Crippen molar-refractivity contribution in [1.82, 2.24) is 4.98 Å². The third kappa shape index (κ3) is 4.36. The highest BCUT2D eigenvalue weighted by molar-refractivity contribution is 9.10. The van der Waals surface area contributed by atoms with Gasteiger partial charge in [0.2, 0.25) is 5.91 Å². The van der Waals surface area contributed by atoms with Crippen molar-refractivity contribution in [3.8, 4) is 6.07 Å². The third-order valence-corrected chi connectivity index (χ3v) is 5.17. The summed E-state index contributed by atoms with van der Waals surface area (Å²) < 4.78 is 41.1. The highest BCUT2D eigenvalue weighted by Crippen LogP contribution is 2.37. The van der Waals surface area contributed by atoms with Gasteiger partial charge in [0.15, 0.2) is 0 Å². The van der Waals surface area contributed by atoms with E-state index >= 15 is 0 Å². The second kappa shape index (κ2) is 8.00. The molecule has 3 rings (SSSR count). The molecule has 1 aliphatic rings. The normalized spacial score (nSPS) is 19.1. The van der Waals surface area contributed by atoms with Crippen LogP contribution in [0.5, 0.6) is 0 Å². The number of pyridine rings is 1. The van der Waals surface area contributed by atoms with Crippen molar-refractivity contribution >= 4 is 33.3 Å². The van der Waals surface area contributed by atoms with Gasteiger partial charge in [-0.2, -0.15) is 18.4 Å². The lowest BCUT2D eigenvalue weighted by Crippen LogP contribution is -2.49. The summed E-state index contributed by atoms with van der Waals surface area (Å²) in [4.78, 5) is 18.4. The van der Waals surface area contributed by atoms with Gasteiger partial charge in [0.1, 0.15) is 23.5 Å². The van der Waals surface area contributed by atoms with E-state index in [0.717, 1.165) is 10.5 Å². The summed E-state index contributed by atoms with van der Waals surface area (Å²) in [5.41, 5.74) is 5.03. The second-order valence-electron chi connectivity index (χ2n) is 6.71. The molecule has 10 heteroatoms. The molecule has 1 saturated heterocycles. The number of hydrogen-bond acceptors (Lipinski definition) is 5. The Morgan fingerprint density at radius 3 is 2.62 bits per heavy atom. The summed E-state index contributed by atoms with van der Waals surface area (Å²) in [5.74, 6) is -0.651. The van der Waals surface area contributed by atoms with Crippen LogP contribution in [0.15, 0.2) is 34.8 Å². The fraction of sp³-hybridized carbons (Fsp3) is 0.316. The van der Waals surface area contributed by atoms with Crippen LogP contribution in [-0.4, -0.2) is 29.5 Å². The Morgan fingerprint density at radius 1 is 1.38 bits per heavy atom. The molecule has 2 atom stereocenters.